The Hall–Kier alpha value is -0.600. The van der Waals surface area contributed by atoms with Crippen LogP contribution in [0.3, 0.4) is 0 Å². The smallest absolute Gasteiger partial charge is 0.000852 e. The van der Waals surface area contributed by atoms with Crippen molar-refractivity contribution in [2.45, 2.75) is 4.90 Å². The summed E-state index contributed by atoms with van der Waals surface area (Å²) < 4.78 is 0. The van der Waals surface area contributed by atoms with Crippen molar-refractivity contribution in [1.29, 1.82) is 0 Å². The lowest BCUT2D eigenvalue weighted by Crippen LogP contribution is -1.69. The van der Waals surface area contributed by atoms with Gasteiger partial charge in [-0.05, 0) is 25.4 Å². The van der Waals surface area contributed by atoms with E-state index in [1.165, 1.54) is 11.9 Å². The summed E-state index contributed by atoms with van der Waals surface area (Å²) in [5.74, 6) is 3.94. The molecule has 1 rings (SSSR count). The van der Waals surface area contributed by atoms with Crippen molar-refractivity contribution >= 4 is 16.4 Å². The predicted molar refractivity (Wildman–Crippen MR) is 55.5 cm³/mol. The van der Waals surface area contributed by atoms with Gasteiger partial charge in [-0.25, -0.2) is 0 Å². The summed E-state index contributed by atoms with van der Waals surface area (Å²) in [7, 11) is 1.67. The highest BCUT2D eigenvalue weighted by atomic mass is 32.2. The van der Waals surface area contributed by atoms with E-state index in [4.69, 9.17) is 0 Å². The molecule has 0 fully saturated rings. The van der Waals surface area contributed by atoms with Crippen LogP contribution in [0.25, 0.3) is 0 Å². The van der Waals surface area contributed by atoms with E-state index in [0.717, 1.165) is 0 Å². The molecule has 62 valence electrons. The predicted octanol–water partition coefficient (Wildman–Crippen LogP) is 1.95. The van der Waals surface area contributed by atoms with Crippen LogP contribution in [0.5, 0.6) is 0 Å². The highest BCUT2D eigenvalue weighted by molar-refractivity contribution is 8.13. The van der Waals surface area contributed by atoms with Crippen LogP contribution in [0.4, 0.5) is 0 Å². The van der Waals surface area contributed by atoms with E-state index in [1.54, 1.807) is 0 Å². The molecule has 1 atom stereocenters. The first kappa shape index (κ1) is 10.4. The van der Waals surface area contributed by atoms with Crippen molar-refractivity contribution in [3.05, 3.63) is 30.3 Å². The van der Waals surface area contributed by atoms with Gasteiger partial charge in [-0.15, -0.1) is 0 Å². The summed E-state index contributed by atoms with van der Waals surface area (Å²) in [4.78, 5) is 1.33. The van der Waals surface area contributed by atoms with Crippen LogP contribution in [0.15, 0.2) is 35.2 Å². The number of benzene rings is 1. The minimum absolute atomic E-state index is 0.171. The summed E-state index contributed by atoms with van der Waals surface area (Å²) >= 11 is 0. The largest absolute Gasteiger partial charge is 0.333 e. The first-order chi connectivity index (χ1) is 5.30. The SMILES string of the molecule is C=S(C)c1ccccc1.CN. The molecule has 1 nitrogen and oxygen atoms in total. The number of hydrogen-bond donors (Lipinski definition) is 1. The highest BCUT2D eigenvalue weighted by Crippen LogP contribution is 2.18. The molecule has 0 spiro atoms. The van der Waals surface area contributed by atoms with E-state index in [2.05, 4.69) is 30.0 Å². The van der Waals surface area contributed by atoms with Gasteiger partial charge in [0.1, 0.15) is 0 Å². The second-order valence-electron chi connectivity index (χ2n) is 1.95. The molecule has 0 aliphatic carbocycles. The molecule has 0 radical (unpaired) electrons. The van der Waals surface area contributed by atoms with Crippen molar-refractivity contribution in [3.63, 3.8) is 0 Å². The third kappa shape index (κ3) is 3.96. The van der Waals surface area contributed by atoms with E-state index >= 15 is 0 Å². The topological polar surface area (TPSA) is 26.0 Å². The Morgan fingerprint density at radius 3 is 1.91 bits per heavy atom. The standard InChI is InChI=1S/C8H10S.CH5N/c1-9(2)8-6-4-3-5-7-8;1-2/h3-7H,1H2,2H3;2H2,1H3. The zero-order chi connectivity index (χ0) is 8.69. The summed E-state index contributed by atoms with van der Waals surface area (Å²) in [6, 6.07) is 10.3. The van der Waals surface area contributed by atoms with Gasteiger partial charge in [-0.2, -0.15) is 10.5 Å². The Bertz CT molecular complexity index is 206. The highest BCUT2D eigenvalue weighted by Gasteiger charge is 1.84. The van der Waals surface area contributed by atoms with Gasteiger partial charge in [0.2, 0.25) is 0 Å². The van der Waals surface area contributed by atoms with Gasteiger partial charge >= 0.3 is 0 Å². The molecule has 1 aromatic rings. The second-order valence-corrected chi connectivity index (χ2v) is 3.70. The van der Waals surface area contributed by atoms with E-state index in [0.29, 0.717) is 0 Å². The third-order valence-electron chi connectivity index (χ3n) is 1.15. The molecule has 1 unspecified atom stereocenters. The van der Waals surface area contributed by atoms with E-state index < -0.39 is 0 Å². The number of rotatable bonds is 1. The Morgan fingerprint density at radius 1 is 1.18 bits per heavy atom. The third-order valence-corrected chi connectivity index (χ3v) is 2.22. The molecule has 0 aliphatic heterocycles. The molecule has 0 bridgehead atoms. The summed E-state index contributed by atoms with van der Waals surface area (Å²) in [6.07, 6.45) is 2.12. The molecule has 0 heterocycles. The van der Waals surface area contributed by atoms with Gasteiger partial charge in [-0.1, -0.05) is 24.1 Å². The van der Waals surface area contributed by atoms with E-state index in [9.17, 15) is 0 Å². The summed E-state index contributed by atoms with van der Waals surface area (Å²) in [6.45, 7) is 0. The van der Waals surface area contributed by atoms with Crippen LogP contribution in [-0.4, -0.2) is 19.2 Å². The van der Waals surface area contributed by atoms with Crippen LogP contribution in [0, 0.1) is 0 Å². The lowest BCUT2D eigenvalue weighted by Gasteiger charge is -1.96. The van der Waals surface area contributed by atoms with Crippen LogP contribution in [0.2, 0.25) is 0 Å². The Morgan fingerprint density at radius 2 is 1.64 bits per heavy atom. The maximum atomic E-state index is 4.50. The Balaban J connectivity index is 0.000000461. The fourth-order valence-electron chi connectivity index (χ4n) is 0.653. The minimum atomic E-state index is 0.171. The average molecular weight is 169 g/mol. The molecular weight excluding hydrogens is 154 g/mol. The number of nitrogens with two attached hydrogens (primary N) is 1. The molecule has 0 aliphatic rings. The summed E-state index contributed by atoms with van der Waals surface area (Å²) in [5, 5.41) is 0. The molecule has 11 heavy (non-hydrogen) atoms. The van der Waals surface area contributed by atoms with Gasteiger partial charge in [0.25, 0.3) is 0 Å². The molecular formula is C9H15NS. The molecule has 0 amide bonds. The Labute approximate surface area is 71.2 Å². The van der Waals surface area contributed by atoms with Crippen molar-refractivity contribution < 1.29 is 0 Å². The first-order valence-corrected chi connectivity index (χ1v) is 5.19. The van der Waals surface area contributed by atoms with Gasteiger partial charge in [0.05, 0.1) is 0 Å². The van der Waals surface area contributed by atoms with E-state index in [-0.39, 0.29) is 10.5 Å². The first-order valence-electron chi connectivity index (χ1n) is 3.39. The molecule has 0 saturated heterocycles. The zero-order valence-corrected chi connectivity index (χ0v) is 7.90. The molecule has 1 aromatic carbocycles. The van der Waals surface area contributed by atoms with Crippen molar-refractivity contribution in [1.82, 2.24) is 0 Å². The van der Waals surface area contributed by atoms with Crippen molar-refractivity contribution in [3.8, 4) is 0 Å². The van der Waals surface area contributed by atoms with Gasteiger partial charge in [0.15, 0.2) is 0 Å². The maximum Gasteiger partial charge on any atom is 0.000852 e. The van der Waals surface area contributed by atoms with Gasteiger partial charge < -0.3 is 5.73 Å². The molecule has 0 saturated carbocycles. The minimum Gasteiger partial charge on any atom is -0.333 e. The maximum absolute atomic E-state index is 4.50. The van der Waals surface area contributed by atoms with Crippen LogP contribution in [-0.2, 0) is 0 Å². The van der Waals surface area contributed by atoms with Gasteiger partial charge in [-0.3, -0.25) is 0 Å². The van der Waals surface area contributed by atoms with Gasteiger partial charge in [0, 0.05) is 4.90 Å². The molecule has 2 heteroatoms. The Kier molecular flexibility index (Phi) is 5.80. The van der Waals surface area contributed by atoms with Crippen LogP contribution in [0.1, 0.15) is 0 Å². The number of hydrogen-bond acceptors (Lipinski definition) is 1. The fraction of sp³-hybridized carbons (Fsp3) is 0.222. The second kappa shape index (κ2) is 6.13. The van der Waals surface area contributed by atoms with Crippen LogP contribution >= 0.6 is 10.5 Å². The average Bonchev–Trinajstić information content (AvgIpc) is 2.10. The lowest BCUT2D eigenvalue weighted by atomic mass is 10.4. The monoisotopic (exact) mass is 169 g/mol. The molecule has 2 N–H and O–H groups in total. The normalized spacial score (nSPS) is 11.2. The van der Waals surface area contributed by atoms with Crippen molar-refractivity contribution in [2.24, 2.45) is 5.73 Å². The van der Waals surface area contributed by atoms with Crippen LogP contribution < -0.4 is 5.73 Å². The summed E-state index contributed by atoms with van der Waals surface area (Å²) in [5.41, 5.74) is 4.50. The lowest BCUT2D eigenvalue weighted by molar-refractivity contribution is 1.47. The zero-order valence-electron chi connectivity index (χ0n) is 7.08. The quantitative estimate of drug-likeness (QED) is 0.639. The van der Waals surface area contributed by atoms with Crippen molar-refractivity contribution in [2.75, 3.05) is 13.3 Å². The molecule has 0 aromatic heterocycles. The van der Waals surface area contributed by atoms with E-state index in [1.807, 2.05) is 18.2 Å². The fourth-order valence-corrected chi connectivity index (χ4v) is 1.27.